The molecule has 98 valence electrons. The summed E-state index contributed by atoms with van der Waals surface area (Å²) in [4.78, 5) is 20.5. The SMILES string of the molecule is C=CC(=O)O.CC(C)OC(=O)c1ccc(O)cc1. The summed E-state index contributed by atoms with van der Waals surface area (Å²) in [5.41, 5.74) is 0.450. The maximum atomic E-state index is 11.3. The maximum Gasteiger partial charge on any atom is 0.338 e. The van der Waals surface area contributed by atoms with Crippen molar-refractivity contribution < 1.29 is 24.5 Å². The van der Waals surface area contributed by atoms with E-state index in [1.165, 1.54) is 24.3 Å². The number of rotatable bonds is 3. The zero-order chi connectivity index (χ0) is 14.1. The number of carbonyl (C=O) groups excluding carboxylic acids is 1. The van der Waals surface area contributed by atoms with Crippen LogP contribution in [0, 0.1) is 0 Å². The molecule has 18 heavy (non-hydrogen) atoms. The number of benzene rings is 1. The van der Waals surface area contributed by atoms with Gasteiger partial charge in [0.1, 0.15) is 5.75 Å². The molecule has 0 heterocycles. The van der Waals surface area contributed by atoms with E-state index in [-0.39, 0.29) is 17.8 Å². The first-order valence-corrected chi connectivity index (χ1v) is 5.22. The summed E-state index contributed by atoms with van der Waals surface area (Å²) >= 11 is 0. The fraction of sp³-hybridized carbons (Fsp3) is 0.231. The number of carbonyl (C=O) groups is 2. The van der Waals surface area contributed by atoms with Crippen molar-refractivity contribution in [2.24, 2.45) is 0 Å². The molecule has 0 saturated heterocycles. The van der Waals surface area contributed by atoms with Gasteiger partial charge in [0.2, 0.25) is 0 Å². The highest BCUT2D eigenvalue weighted by atomic mass is 16.5. The van der Waals surface area contributed by atoms with Gasteiger partial charge in [-0.05, 0) is 38.1 Å². The molecule has 0 atom stereocenters. The van der Waals surface area contributed by atoms with Crippen LogP contribution in [0.5, 0.6) is 5.75 Å². The molecule has 1 aromatic rings. The molecule has 0 aliphatic rings. The third kappa shape index (κ3) is 7.05. The fourth-order valence-corrected chi connectivity index (χ4v) is 0.880. The predicted octanol–water partition coefficient (Wildman–Crippen LogP) is 2.21. The second kappa shape index (κ2) is 7.89. The summed E-state index contributed by atoms with van der Waals surface area (Å²) in [6.45, 7) is 6.54. The lowest BCUT2D eigenvalue weighted by molar-refractivity contribution is -0.131. The molecule has 2 N–H and O–H groups in total. The topological polar surface area (TPSA) is 83.8 Å². The van der Waals surface area contributed by atoms with Crippen molar-refractivity contribution in [1.29, 1.82) is 0 Å². The highest BCUT2D eigenvalue weighted by Crippen LogP contribution is 2.11. The molecule has 0 aromatic heterocycles. The molecule has 0 bridgehead atoms. The Labute approximate surface area is 105 Å². The van der Waals surface area contributed by atoms with E-state index in [0.717, 1.165) is 6.08 Å². The number of aliphatic carboxylic acids is 1. The first kappa shape index (κ1) is 15.7. The summed E-state index contributed by atoms with van der Waals surface area (Å²) in [6.07, 6.45) is 0.710. The van der Waals surface area contributed by atoms with Crippen LogP contribution in [-0.2, 0) is 9.53 Å². The Morgan fingerprint density at radius 1 is 1.28 bits per heavy atom. The molecule has 0 saturated carbocycles. The van der Waals surface area contributed by atoms with Gasteiger partial charge in [0.15, 0.2) is 0 Å². The van der Waals surface area contributed by atoms with E-state index in [9.17, 15) is 9.59 Å². The lowest BCUT2D eigenvalue weighted by atomic mass is 10.2. The van der Waals surface area contributed by atoms with E-state index in [0.29, 0.717) is 5.56 Å². The number of esters is 1. The van der Waals surface area contributed by atoms with Gasteiger partial charge in [0.05, 0.1) is 11.7 Å². The number of phenolic OH excluding ortho intramolecular Hbond substituents is 1. The minimum Gasteiger partial charge on any atom is -0.508 e. The smallest absolute Gasteiger partial charge is 0.338 e. The standard InChI is InChI=1S/C10H12O3.C3H4O2/c1-7(2)13-10(12)8-3-5-9(11)6-4-8;1-2-3(4)5/h3-7,11H,1-2H3;2H,1H2,(H,4,5). The second-order valence-corrected chi connectivity index (χ2v) is 3.54. The van der Waals surface area contributed by atoms with Crippen LogP contribution in [0.4, 0.5) is 0 Å². The van der Waals surface area contributed by atoms with E-state index in [1.54, 1.807) is 13.8 Å². The van der Waals surface area contributed by atoms with Crippen LogP contribution in [0.15, 0.2) is 36.9 Å². The van der Waals surface area contributed by atoms with E-state index < -0.39 is 5.97 Å². The number of carboxylic acid groups (broad SMARTS) is 1. The molecule has 0 fully saturated rings. The van der Waals surface area contributed by atoms with Gasteiger partial charge in [-0.25, -0.2) is 9.59 Å². The van der Waals surface area contributed by atoms with Gasteiger partial charge in [0.25, 0.3) is 0 Å². The van der Waals surface area contributed by atoms with E-state index >= 15 is 0 Å². The van der Waals surface area contributed by atoms with E-state index in [4.69, 9.17) is 14.9 Å². The largest absolute Gasteiger partial charge is 0.508 e. The lowest BCUT2D eigenvalue weighted by Gasteiger charge is -2.07. The predicted molar refractivity (Wildman–Crippen MR) is 66.5 cm³/mol. The third-order valence-corrected chi connectivity index (χ3v) is 1.62. The molecule has 0 unspecified atom stereocenters. The molecule has 1 rings (SSSR count). The Morgan fingerprint density at radius 2 is 1.72 bits per heavy atom. The average Bonchev–Trinajstić information content (AvgIpc) is 2.29. The van der Waals surface area contributed by atoms with Gasteiger partial charge in [0, 0.05) is 6.08 Å². The van der Waals surface area contributed by atoms with Gasteiger partial charge < -0.3 is 14.9 Å². The molecule has 0 radical (unpaired) electrons. The van der Waals surface area contributed by atoms with Crippen LogP contribution in [-0.4, -0.2) is 28.3 Å². The van der Waals surface area contributed by atoms with Gasteiger partial charge in [-0.1, -0.05) is 6.58 Å². The summed E-state index contributed by atoms with van der Waals surface area (Å²) in [6, 6.07) is 5.97. The average molecular weight is 252 g/mol. The molecular formula is C13H16O5. The minimum absolute atomic E-state index is 0.124. The lowest BCUT2D eigenvalue weighted by Crippen LogP contribution is -2.11. The zero-order valence-corrected chi connectivity index (χ0v) is 10.3. The Morgan fingerprint density at radius 3 is 2.06 bits per heavy atom. The van der Waals surface area contributed by atoms with E-state index in [1.807, 2.05) is 0 Å². The molecule has 5 heteroatoms. The Kier molecular flexibility index (Phi) is 6.88. The maximum absolute atomic E-state index is 11.3. The van der Waals surface area contributed by atoms with E-state index in [2.05, 4.69) is 6.58 Å². The number of carboxylic acids is 1. The Bertz CT molecular complexity index is 406. The van der Waals surface area contributed by atoms with Crippen molar-refractivity contribution in [2.45, 2.75) is 20.0 Å². The van der Waals surface area contributed by atoms with Crippen molar-refractivity contribution in [2.75, 3.05) is 0 Å². The first-order chi connectivity index (χ1) is 8.36. The Hall–Kier alpha value is -2.30. The number of hydrogen-bond donors (Lipinski definition) is 2. The molecule has 0 aliphatic carbocycles. The number of phenols is 1. The number of hydrogen-bond acceptors (Lipinski definition) is 4. The van der Waals surface area contributed by atoms with Crippen LogP contribution >= 0.6 is 0 Å². The molecular weight excluding hydrogens is 236 g/mol. The summed E-state index contributed by atoms with van der Waals surface area (Å²) < 4.78 is 4.96. The second-order valence-electron chi connectivity index (χ2n) is 3.54. The highest BCUT2D eigenvalue weighted by Gasteiger charge is 2.07. The van der Waals surface area contributed by atoms with Crippen LogP contribution < -0.4 is 0 Å². The highest BCUT2D eigenvalue weighted by molar-refractivity contribution is 5.89. The van der Waals surface area contributed by atoms with Crippen LogP contribution in [0.3, 0.4) is 0 Å². The Balaban J connectivity index is 0.000000494. The van der Waals surface area contributed by atoms with Crippen LogP contribution in [0.2, 0.25) is 0 Å². The fourth-order valence-electron chi connectivity index (χ4n) is 0.880. The third-order valence-electron chi connectivity index (χ3n) is 1.62. The number of aromatic hydroxyl groups is 1. The normalized spacial score (nSPS) is 9.06. The quantitative estimate of drug-likeness (QED) is 0.636. The van der Waals surface area contributed by atoms with Gasteiger partial charge >= 0.3 is 11.9 Å². The summed E-state index contributed by atoms with van der Waals surface area (Å²) in [5, 5.41) is 16.6. The van der Waals surface area contributed by atoms with Crippen molar-refractivity contribution in [3.8, 4) is 5.75 Å². The molecule has 0 spiro atoms. The van der Waals surface area contributed by atoms with Crippen molar-refractivity contribution >= 4 is 11.9 Å². The van der Waals surface area contributed by atoms with Crippen molar-refractivity contribution in [1.82, 2.24) is 0 Å². The first-order valence-electron chi connectivity index (χ1n) is 5.22. The monoisotopic (exact) mass is 252 g/mol. The summed E-state index contributed by atoms with van der Waals surface area (Å²) in [5.74, 6) is -1.21. The van der Waals surface area contributed by atoms with Crippen LogP contribution in [0.25, 0.3) is 0 Å². The van der Waals surface area contributed by atoms with Crippen LogP contribution in [0.1, 0.15) is 24.2 Å². The van der Waals surface area contributed by atoms with Gasteiger partial charge in [-0.15, -0.1) is 0 Å². The summed E-state index contributed by atoms with van der Waals surface area (Å²) in [7, 11) is 0. The van der Waals surface area contributed by atoms with Crippen molar-refractivity contribution in [3.63, 3.8) is 0 Å². The molecule has 5 nitrogen and oxygen atoms in total. The molecule has 0 amide bonds. The molecule has 1 aromatic carbocycles. The number of ether oxygens (including phenoxy) is 1. The van der Waals surface area contributed by atoms with Crippen molar-refractivity contribution in [3.05, 3.63) is 42.5 Å². The van der Waals surface area contributed by atoms with Gasteiger partial charge in [-0.3, -0.25) is 0 Å². The zero-order valence-electron chi connectivity index (χ0n) is 10.3. The van der Waals surface area contributed by atoms with Gasteiger partial charge in [-0.2, -0.15) is 0 Å². The minimum atomic E-state index is -0.981. The molecule has 0 aliphatic heterocycles.